The summed E-state index contributed by atoms with van der Waals surface area (Å²) in [6.07, 6.45) is 0. The zero-order chi connectivity index (χ0) is 7.72. The van der Waals surface area contributed by atoms with Gasteiger partial charge in [-0.1, -0.05) is 11.6 Å². The fourth-order valence-corrected chi connectivity index (χ4v) is 0.889. The van der Waals surface area contributed by atoms with Crippen LogP contribution in [0.5, 0.6) is 0 Å². The molecule has 10 heavy (non-hydrogen) atoms. The second-order valence-corrected chi connectivity index (χ2v) is 2.54. The van der Waals surface area contributed by atoms with E-state index in [-0.39, 0.29) is 0 Å². The van der Waals surface area contributed by atoms with E-state index in [1.54, 1.807) is 6.92 Å². The number of hydrogen-bond acceptors (Lipinski definition) is 1. The van der Waals surface area contributed by atoms with Crippen LogP contribution in [0.15, 0.2) is 6.07 Å². The van der Waals surface area contributed by atoms with Crippen LogP contribution in [0.4, 0.5) is 4.39 Å². The highest BCUT2D eigenvalue weighted by atomic mass is 35.5. The van der Waals surface area contributed by atoms with Crippen molar-refractivity contribution in [3.05, 3.63) is 28.3 Å². The summed E-state index contributed by atoms with van der Waals surface area (Å²) < 4.78 is 12.4. The van der Waals surface area contributed by atoms with E-state index < -0.39 is 5.95 Å². The zero-order valence-electron chi connectivity index (χ0n) is 5.78. The minimum Gasteiger partial charge on any atom is -0.225 e. The van der Waals surface area contributed by atoms with Crippen molar-refractivity contribution in [3.63, 3.8) is 0 Å². The smallest absolute Gasteiger partial charge is 0.214 e. The molecule has 1 aromatic rings. The largest absolute Gasteiger partial charge is 0.225 e. The summed E-state index contributed by atoms with van der Waals surface area (Å²) >= 11 is 5.64. The molecular weight excluding hydrogens is 153 g/mol. The lowest BCUT2D eigenvalue weighted by atomic mass is 10.2. The quantitative estimate of drug-likeness (QED) is 0.530. The highest BCUT2D eigenvalue weighted by Gasteiger charge is 2.01. The van der Waals surface area contributed by atoms with Crippen molar-refractivity contribution in [1.29, 1.82) is 0 Å². The molecule has 0 bridgehead atoms. The van der Waals surface area contributed by atoms with Crippen LogP contribution in [0.25, 0.3) is 0 Å². The van der Waals surface area contributed by atoms with Gasteiger partial charge < -0.3 is 0 Å². The van der Waals surface area contributed by atoms with Gasteiger partial charge in [-0.05, 0) is 19.4 Å². The summed E-state index contributed by atoms with van der Waals surface area (Å²) in [5.41, 5.74) is 1.48. The standard InChI is InChI=1S/C7H7ClFN/c1-4-5(2)10-7(9)3-6(4)8/h3H,1-2H3. The van der Waals surface area contributed by atoms with Gasteiger partial charge in [0.25, 0.3) is 0 Å². The van der Waals surface area contributed by atoms with Gasteiger partial charge in [0, 0.05) is 16.8 Å². The molecule has 1 aromatic heterocycles. The molecule has 0 saturated heterocycles. The second kappa shape index (κ2) is 2.54. The Hall–Kier alpha value is -0.630. The molecule has 0 aliphatic rings. The number of pyridine rings is 1. The van der Waals surface area contributed by atoms with Crippen LogP contribution < -0.4 is 0 Å². The fraction of sp³-hybridized carbons (Fsp3) is 0.286. The zero-order valence-corrected chi connectivity index (χ0v) is 6.54. The van der Waals surface area contributed by atoms with E-state index in [1.807, 2.05) is 6.92 Å². The summed E-state index contributed by atoms with van der Waals surface area (Å²) in [7, 11) is 0. The highest BCUT2D eigenvalue weighted by Crippen LogP contribution is 2.17. The Morgan fingerprint density at radius 3 is 2.60 bits per heavy atom. The van der Waals surface area contributed by atoms with Crippen molar-refractivity contribution in [2.75, 3.05) is 0 Å². The van der Waals surface area contributed by atoms with Crippen molar-refractivity contribution in [3.8, 4) is 0 Å². The van der Waals surface area contributed by atoms with Gasteiger partial charge in [0.15, 0.2) is 0 Å². The first-order valence-electron chi connectivity index (χ1n) is 2.90. The van der Waals surface area contributed by atoms with E-state index in [1.165, 1.54) is 6.07 Å². The van der Waals surface area contributed by atoms with Gasteiger partial charge in [0.05, 0.1) is 0 Å². The van der Waals surface area contributed by atoms with Crippen LogP contribution in [0.1, 0.15) is 11.3 Å². The molecule has 0 aromatic carbocycles. The molecule has 0 fully saturated rings. The Morgan fingerprint density at radius 2 is 2.10 bits per heavy atom. The SMILES string of the molecule is Cc1nc(F)cc(Cl)c1C. The maximum absolute atomic E-state index is 12.4. The van der Waals surface area contributed by atoms with Crippen molar-refractivity contribution in [2.24, 2.45) is 0 Å². The summed E-state index contributed by atoms with van der Waals surface area (Å²) in [6, 6.07) is 1.21. The molecule has 1 heterocycles. The Balaban J connectivity index is 3.31. The molecule has 0 aliphatic heterocycles. The van der Waals surface area contributed by atoms with Crippen LogP contribution in [-0.2, 0) is 0 Å². The van der Waals surface area contributed by atoms with E-state index >= 15 is 0 Å². The fourth-order valence-electron chi connectivity index (χ4n) is 0.662. The van der Waals surface area contributed by atoms with Crippen LogP contribution in [0, 0.1) is 19.8 Å². The molecule has 0 N–H and O–H groups in total. The number of nitrogens with zero attached hydrogens (tertiary/aromatic N) is 1. The van der Waals surface area contributed by atoms with Gasteiger partial charge in [0.1, 0.15) is 0 Å². The third-order valence-corrected chi connectivity index (χ3v) is 1.81. The molecule has 54 valence electrons. The van der Waals surface area contributed by atoms with E-state index in [0.29, 0.717) is 10.7 Å². The van der Waals surface area contributed by atoms with Crippen LogP contribution in [-0.4, -0.2) is 4.98 Å². The molecule has 0 radical (unpaired) electrons. The van der Waals surface area contributed by atoms with Crippen molar-refractivity contribution in [2.45, 2.75) is 13.8 Å². The number of halogens is 2. The maximum atomic E-state index is 12.4. The Labute approximate surface area is 63.8 Å². The van der Waals surface area contributed by atoms with Gasteiger partial charge in [0.2, 0.25) is 5.95 Å². The molecule has 0 unspecified atom stereocenters. The average Bonchev–Trinajstić information content (AvgIpc) is 1.82. The van der Waals surface area contributed by atoms with Crippen LogP contribution >= 0.6 is 11.6 Å². The molecule has 1 nitrogen and oxygen atoms in total. The molecule has 3 heteroatoms. The van der Waals surface area contributed by atoms with Crippen molar-refractivity contribution >= 4 is 11.6 Å². The van der Waals surface area contributed by atoms with E-state index in [0.717, 1.165) is 5.56 Å². The van der Waals surface area contributed by atoms with Gasteiger partial charge >= 0.3 is 0 Å². The molecule has 0 saturated carbocycles. The first kappa shape index (κ1) is 7.48. The van der Waals surface area contributed by atoms with Gasteiger partial charge in [-0.2, -0.15) is 4.39 Å². The topological polar surface area (TPSA) is 12.9 Å². The molecule has 0 atom stereocenters. The van der Waals surface area contributed by atoms with Gasteiger partial charge in [-0.15, -0.1) is 0 Å². The maximum Gasteiger partial charge on any atom is 0.214 e. The monoisotopic (exact) mass is 159 g/mol. The van der Waals surface area contributed by atoms with E-state index in [9.17, 15) is 4.39 Å². The minimum absolute atomic E-state index is 0.435. The summed E-state index contributed by atoms with van der Waals surface area (Å²) in [4.78, 5) is 3.58. The second-order valence-electron chi connectivity index (χ2n) is 2.14. The van der Waals surface area contributed by atoms with Crippen molar-refractivity contribution < 1.29 is 4.39 Å². The minimum atomic E-state index is -0.520. The summed E-state index contributed by atoms with van der Waals surface area (Å²) in [6.45, 7) is 3.54. The van der Waals surface area contributed by atoms with Crippen LogP contribution in [0.2, 0.25) is 5.02 Å². The lowest BCUT2D eigenvalue weighted by molar-refractivity contribution is 0.579. The lowest BCUT2D eigenvalue weighted by Crippen LogP contribution is -1.90. The number of aryl methyl sites for hydroxylation is 1. The molecule has 0 amide bonds. The van der Waals surface area contributed by atoms with Crippen molar-refractivity contribution in [1.82, 2.24) is 4.98 Å². The first-order chi connectivity index (χ1) is 4.61. The Morgan fingerprint density at radius 1 is 1.50 bits per heavy atom. The lowest BCUT2D eigenvalue weighted by Gasteiger charge is -1.99. The summed E-state index contributed by atoms with van der Waals surface area (Å²) in [5.74, 6) is -0.520. The first-order valence-corrected chi connectivity index (χ1v) is 3.28. The highest BCUT2D eigenvalue weighted by molar-refractivity contribution is 6.31. The molecule has 0 aliphatic carbocycles. The normalized spacial score (nSPS) is 10.0. The van der Waals surface area contributed by atoms with E-state index in [4.69, 9.17) is 11.6 Å². The third-order valence-electron chi connectivity index (χ3n) is 1.42. The average molecular weight is 160 g/mol. The summed E-state index contributed by atoms with van der Waals surface area (Å²) in [5, 5.41) is 0.435. The predicted octanol–water partition coefficient (Wildman–Crippen LogP) is 2.49. The van der Waals surface area contributed by atoms with Gasteiger partial charge in [-0.3, -0.25) is 0 Å². The molecule has 0 spiro atoms. The Bertz CT molecular complexity index is 237. The number of hydrogen-bond donors (Lipinski definition) is 0. The van der Waals surface area contributed by atoms with Crippen LogP contribution in [0.3, 0.4) is 0 Å². The number of rotatable bonds is 0. The number of aromatic nitrogens is 1. The van der Waals surface area contributed by atoms with Gasteiger partial charge in [-0.25, -0.2) is 4.98 Å². The molecular formula is C7H7ClFN. The Kier molecular flexibility index (Phi) is 1.90. The third kappa shape index (κ3) is 1.27. The predicted molar refractivity (Wildman–Crippen MR) is 38.7 cm³/mol. The molecule has 1 rings (SSSR count). The van der Waals surface area contributed by atoms with E-state index in [2.05, 4.69) is 4.98 Å².